The summed E-state index contributed by atoms with van der Waals surface area (Å²) < 4.78 is 115. The molecule has 738 valence electrons. The van der Waals surface area contributed by atoms with Crippen molar-refractivity contribution in [3.63, 3.8) is 0 Å². The van der Waals surface area contributed by atoms with E-state index in [1.807, 2.05) is 0 Å². The van der Waals surface area contributed by atoms with Crippen LogP contribution < -0.4 is 31.9 Å². The Morgan fingerprint density at radius 3 is 0.922 bits per heavy atom. The zero-order chi connectivity index (χ0) is 94.4. The van der Waals surface area contributed by atoms with E-state index in [0.29, 0.717) is 0 Å². The predicted molar refractivity (Wildman–Crippen MR) is 398 cm³/mol. The summed E-state index contributed by atoms with van der Waals surface area (Å²) in [6.07, 6.45) is -92.5. The third kappa shape index (κ3) is 23.9. The van der Waals surface area contributed by atoms with Gasteiger partial charge in [0.15, 0.2) is 62.9 Å². The number of carbonyl (C=O) groups is 6. The highest BCUT2D eigenvalue weighted by atomic mass is 16.8. The van der Waals surface area contributed by atoms with Gasteiger partial charge in [0.05, 0.1) is 65.6 Å². The third-order valence-corrected chi connectivity index (χ3v) is 23.2. The second kappa shape index (κ2) is 46.1. The standard InChI is InChI=1S/C72H120N6O50/c1-17-39(91)52(104)54(106)69(113-17)111-16-32-59(50(102)33(63(109)114-32)73-18(2)85)124-68-38(78-23(7)90)51(103)57(28(12-83)119-68)125-70-56(108)60(126-72-62(128-67-37(77-22(6)89)49(101)43(95)27(11-82)118-67)55(107)58(29(13-84)120-72)123-65-35(75-20(4)87)47(99)41(93)25(9-80)116-65)45(97)31(121-70)15-112-71-61(127-66-36(76-21(5)88)48(100)42(94)26(10-81)117-66)53(105)44(96)30(122-71)14-110-64-34(74-19(3)86)46(98)40(92)24(8-79)115-64/h17,24-72,79-84,91-109H,8-16H2,1-7H3,(H,73,85)(H,74,86)(H,75,87)(H,76,88)(H,77,89)(H,78,90)/t17-,24-,25-,26-,27-,28-,29-,30-,31-,32-,33-,34-,35-,36-,37-,38-,39+,40-,41-,42-,43-,44-,45-,46-,47-,48-,49-,50-,51-,52-,53+,54-,55+,56+,57-,58-,59-,60+,61+,62+,63-,64-,65+,66+,67+,68+,69+,70+,71+,72-/m1/s1. The number of aliphatic hydroxyl groups is 25. The molecule has 50 atom stereocenters. The highest BCUT2D eigenvalue weighted by Gasteiger charge is 2.62. The summed E-state index contributed by atoms with van der Waals surface area (Å²) >= 11 is 0. The highest BCUT2D eigenvalue weighted by molar-refractivity contribution is 5.75. The summed E-state index contributed by atoms with van der Waals surface area (Å²) in [5, 5.41) is 298. The molecule has 0 bridgehead atoms. The van der Waals surface area contributed by atoms with E-state index in [0.717, 1.165) is 41.5 Å². The second-order valence-electron chi connectivity index (χ2n) is 32.5. The average molecular weight is 1870 g/mol. The van der Waals surface area contributed by atoms with Gasteiger partial charge in [0.25, 0.3) is 0 Å². The van der Waals surface area contributed by atoms with E-state index in [2.05, 4.69) is 31.9 Å². The van der Waals surface area contributed by atoms with Crippen molar-refractivity contribution in [2.75, 3.05) is 59.5 Å². The van der Waals surface area contributed by atoms with Crippen molar-refractivity contribution < 1.29 is 246 Å². The molecule has 10 heterocycles. The van der Waals surface area contributed by atoms with Gasteiger partial charge in [-0.05, 0) is 6.92 Å². The Kier molecular flexibility index (Phi) is 37.8. The summed E-state index contributed by atoms with van der Waals surface area (Å²) in [5.74, 6) is -5.46. The molecule has 0 aromatic carbocycles. The van der Waals surface area contributed by atoms with Crippen molar-refractivity contribution in [2.24, 2.45) is 0 Å². The van der Waals surface area contributed by atoms with Crippen LogP contribution in [0.15, 0.2) is 0 Å². The van der Waals surface area contributed by atoms with E-state index in [4.69, 9.17) is 90.0 Å². The van der Waals surface area contributed by atoms with Gasteiger partial charge in [0.2, 0.25) is 35.4 Å². The third-order valence-electron chi connectivity index (χ3n) is 23.2. The minimum atomic E-state index is -2.70. The maximum absolute atomic E-state index is 13.4. The van der Waals surface area contributed by atoms with Crippen molar-refractivity contribution >= 4 is 35.4 Å². The maximum Gasteiger partial charge on any atom is 0.217 e. The zero-order valence-corrected chi connectivity index (χ0v) is 69.6. The van der Waals surface area contributed by atoms with Gasteiger partial charge in [-0.2, -0.15) is 0 Å². The smallest absolute Gasteiger partial charge is 0.217 e. The molecule has 10 saturated heterocycles. The largest absolute Gasteiger partial charge is 0.394 e. The molecule has 31 N–H and O–H groups in total. The van der Waals surface area contributed by atoms with Gasteiger partial charge in [0, 0.05) is 41.5 Å². The Bertz CT molecular complexity index is 3550. The maximum atomic E-state index is 13.4. The SMILES string of the molecule is CC(=O)N[C@@H]1[C@@H](O)[C@H](O[C@@H]2O[C@H](CO)[C@@H](O[C@@H]3O[C@H](CO[C@H]4O[C@H](CO[C@@H]5O[C@H](CO)[C@@H](O)[C@H](O)[C@H]5NC(C)=O)[C@@H](O)[C@H](O)[C@@H]4O[C@@H]4O[C@H](CO)[C@@H](O)[C@H](O)[C@H]4NC(C)=O)[C@@H](O)[C@H](O[C@H]4O[C@H](CO)[C@@H](O[C@@H]5O[C@H](CO)[C@@H](O)[C@H](O)[C@H]5NC(C)=O)[C@H](O)[C@@H]4O[C@@H]4O[C@H](CO)[C@@H](O)[C@H](O)[C@H]4NC(C)=O)[C@@H]3O)[C@H](O)[C@H]2NC(C)=O)[C@@H](CO[C@H]2O[C@H](C)[C@H](O)[C@@H](O)[C@H]2O)O[C@H]1O. The molecule has 0 radical (unpaired) electrons. The van der Waals surface area contributed by atoms with Crippen molar-refractivity contribution in [1.82, 2.24) is 31.9 Å². The number of ether oxygens (including phenoxy) is 19. The van der Waals surface area contributed by atoms with Crippen LogP contribution in [0.1, 0.15) is 48.5 Å². The van der Waals surface area contributed by atoms with Crippen LogP contribution in [0.4, 0.5) is 0 Å². The average Bonchev–Trinajstić information content (AvgIpc) is 0.759. The molecular formula is C72H120N6O50. The van der Waals surface area contributed by atoms with Gasteiger partial charge >= 0.3 is 0 Å². The van der Waals surface area contributed by atoms with Gasteiger partial charge in [-0.25, -0.2) is 0 Å². The molecule has 10 fully saturated rings. The number of hydrogen-bond donors (Lipinski definition) is 31. The van der Waals surface area contributed by atoms with Crippen LogP contribution in [0, 0.1) is 0 Å². The van der Waals surface area contributed by atoms with Crippen LogP contribution in [0.3, 0.4) is 0 Å². The summed E-state index contributed by atoms with van der Waals surface area (Å²) in [6.45, 7) is -2.95. The summed E-state index contributed by atoms with van der Waals surface area (Å²) in [4.78, 5) is 76.7. The molecule has 0 spiro atoms. The van der Waals surface area contributed by atoms with Gasteiger partial charge in [0.1, 0.15) is 238 Å². The summed E-state index contributed by atoms with van der Waals surface area (Å²) in [6, 6.07) is -11.1. The molecule has 6 amide bonds. The lowest BCUT2D eigenvalue weighted by atomic mass is 9.93. The normalized spacial score (nSPS) is 47.8. The quantitative estimate of drug-likeness (QED) is 0.0290. The minimum absolute atomic E-state index is 0.823. The fourth-order valence-electron chi connectivity index (χ4n) is 16.5. The van der Waals surface area contributed by atoms with E-state index in [1.54, 1.807) is 0 Å². The molecule has 10 aliphatic heterocycles. The van der Waals surface area contributed by atoms with Crippen LogP contribution in [0.25, 0.3) is 0 Å². The van der Waals surface area contributed by atoms with Gasteiger partial charge in [-0.1, -0.05) is 0 Å². The molecule has 10 rings (SSSR count). The molecule has 56 nitrogen and oxygen atoms in total. The zero-order valence-electron chi connectivity index (χ0n) is 69.6. The van der Waals surface area contributed by atoms with E-state index in [9.17, 15) is 156 Å². The predicted octanol–water partition coefficient (Wildman–Crippen LogP) is -20.9. The number of nitrogens with one attached hydrogen (secondary N) is 6. The molecule has 0 saturated carbocycles. The second-order valence-corrected chi connectivity index (χ2v) is 32.5. The van der Waals surface area contributed by atoms with E-state index in [1.165, 1.54) is 6.92 Å². The molecular weight excluding hydrogens is 1750 g/mol. The van der Waals surface area contributed by atoms with Crippen molar-refractivity contribution in [3.8, 4) is 0 Å². The van der Waals surface area contributed by atoms with Crippen molar-refractivity contribution in [1.29, 1.82) is 0 Å². The molecule has 128 heavy (non-hydrogen) atoms. The first kappa shape index (κ1) is 105. The van der Waals surface area contributed by atoms with E-state index in [-0.39, 0.29) is 0 Å². The van der Waals surface area contributed by atoms with Gasteiger partial charge in [-0.3, -0.25) is 28.8 Å². The first-order valence-electron chi connectivity index (χ1n) is 41.0. The van der Waals surface area contributed by atoms with Crippen LogP contribution in [0.5, 0.6) is 0 Å². The minimum Gasteiger partial charge on any atom is -0.394 e. The fraction of sp³-hybridized carbons (Fsp3) is 0.917. The van der Waals surface area contributed by atoms with Crippen LogP contribution >= 0.6 is 0 Å². The Labute approximate surface area is 726 Å². The molecule has 0 aromatic rings. The van der Waals surface area contributed by atoms with Gasteiger partial charge < -0.3 is 250 Å². The Morgan fingerprint density at radius 2 is 0.500 bits per heavy atom. The molecule has 0 unspecified atom stereocenters. The lowest BCUT2D eigenvalue weighted by Gasteiger charge is -2.52. The van der Waals surface area contributed by atoms with Crippen molar-refractivity contribution in [2.45, 2.75) is 355 Å². The number of rotatable bonds is 33. The van der Waals surface area contributed by atoms with Gasteiger partial charge in [-0.15, -0.1) is 0 Å². The summed E-state index contributed by atoms with van der Waals surface area (Å²) in [5.41, 5.74) is 0. The first-order valence-corrected chi connectivity index (χ1v) is 41.0. The number of carbonyl (C=O) groups excluding carboxylic acids is 6. The molecule has 0 aliphatic carbocycles. The number of amides is 6. The van der Waals surface area contributed by atoms with Crippen LogP contribution in [0.2, 0.25) is 0 Å². The Hall–Kier alpha value is -4.94. The Balaban J connectivity index is 1.05. The monoisotopic (exact) mass is 1870 g/mol. The molecule has 10 aliphatic rings. The Morgan fingerprint density at radius 1 is 0.219 bits per heavy atom. The topological polar surface area (TPSA) is 856 Å². The van der Waals surface area contributed by atoms with Crippen LogP contribution in [-0.4, -0.2) is 529 Å². The number of aliphatic hydroxyl groups excluding tert-OH is 25. The highest BCUT2D eigenvalue weighted by Crippen LogP contribution is 2.41. The first-order chi connectivity index (χ1) is 60.4. The van der Waals surface area contributed by atoms with Crippen LogP contribution in [-0.2, 0) is 119 Å². The van der Waals surface area contributed by atoms with E-state index >= 15 is 0 Å². The lowest BCUT2D eigenvalue weighted by Crippen LogP contribution is -2.71. The van der Waals surface area contributed by atoms with Crippen molar-refractivity contribution in [3.05, 3.63) is 0 Å². The van der Waals surface area contributed by atoms with E-state index < -0.39 is 402 Å². The number of hydrogen-bond acceptors (Lipinski definition) is 50. The lowest BCUT2D eigenvalue weighted by molar-refractivity contribution is -0.403. The summed E-state index contributed by atoms with van der Waals surface area (Å²) in [7, 11) is 0. The molecule has 0 aromatic heterocycles. The molecule has 56 heteroatoms. The fourth-order valence-corrected chi connectivity index (χ4v) is 16.5.